The number of carbonyl (C=O) groups excluding carboxylic acids is 1. The van der Waals surface area contributed by atoms with Crippen molar-refractivity contribution in [3.8, 4) is 0 Å². The Morgan fingerprint density at radius 2 is 1.94 bits per heavy atom. The van der Waals surface area contributed by atoms with Crippen LogP contribution < -0.4 is 5.32 Å². The molecule has 0 spiro atoms. The number of nitrogens with one attached hydrogen (secondary N) is 1. The molecule has 0 fully saturated rings. The molecule has 6 heteroatoms. The molecule has 0 saturated carbocycles. The molecule has 92 valence electrons. The van der Waals surface area contributed by atoms with Gasteiger partial charge in [-0.1, -0.05) is 15.9 Å². The van der Waals surface area contributed by atoms with Crippen LogP contribution in [0.25, 0.3) is 0 Å². The predicted octanol–water partition coefficient (Wildman–Crippen LogP) is 2.77. The van der Waals surface area contributed by atoms with Crippen LogP contribution in [0.5, 0.6) is 0 Å². The fourth-order valence-corrected chi connectivity index (χ4v) is 1.55. The zero-order chi connectivity index (χ0) is 13.0. The third-order valence-electron chi connectivity index (χ3n) is 2.16. The van der Waals surface area contributed by atoms with Crippen molar-refractivity contribution in [2.45, 2.75) is 0 Å². The number of methoxy groups -OCH3 is 1. The molecule has 0 saturated heterocycles. The first-order valence-corrected chi connectivity index (χ1v) is 5.91. The molecule has 0 amide bonds. The lowest BCUT2D eigenvalue weighted by Gasteiger charge is -2.05. The van der Waals surface area contributed by atoms with Gasteiger partial charge in [0.2, 0.25) is 0 Å². The number of ether oxygens (including phenoxy) is 1. The Hall–Kier alpha value is -1.95. The highest BCUT2D eigenvalue weighted by Gasteiger charge is 2.07. The van der Waals surface area contributed by atoms with E-state index in [1.807, 2.05) is 24.3 Å². The number of carbonyl (C=O) groups is 1. The minimum Gasteiger partial charge on any atom is -0.464 e. The number of hydrogen-bond acceptors (Lipinski definition) is 5. The predicted molar refractivity (Wildman–Crippen MR) is 70.8 cm³/mol. The van der Waals surface area contributed by atoms with E-state index in [0.29, 0.717) is 5.82 Å². The van der Waals surface area contributed by atoms with Crippen molar-refractivity contribution in [3.05, 3.63) is 46.8 Å². The van der Waals surface area contributed by atoms with E-state index >= 15 is 0 Å². The van der Waals surface area contributed by atoms with Crippen molar-refractivity contribution < 1.29 is 9.53 Å². The summed E-state index contributed by atoms with van der Waals surface area (Å²) in [6.07, 6.45) is 2.85. The van der Waals surface area contributed by atoms with Gasteiger partial charge in [0, 0.05) is 10.2 Å². The van der Waals surface area contributed by atoms with Crippen molar-refractivity contribution in [1.29, 1.82) is 0 Å². The first-order chi connectivity index (χ1) is 8.69. The molecule has 0 aliphatic heterocycles. The summed E-state index contributed by atoms with van der Waals surface area (Å²) in [7, 11) is 1.30. The number of nitrogens with zero attached hydrogens (tertiary/aromatic N) is 2. The van der Waals surface area contributed by atoms with Crippen LogP contribution in [0.15, 0.2) is 41.1 Å². The lowest BCUT2D eigenvalue weighted by Crippen LogP contribution is -2.05. The van der Waals surface area contributed by atoms with E-state index in [2.05, 4.69) is 36.0 Å². The summed E-state index contributed by atoms with van der Waals surface area (Å²) in [6, 6.07) is 7.64. The number of esters is 1. The highest BCUT2D eigenvalue weighted by Crippen LogP contribution is 2.17. The minimum absolute atomic E-state index is 0.179. The van der Waals surface area contributed by atoms with Crippen molar-refractivity contribution >= 4 is 33.4 Å². The van der Waals surface area contributed by atoms with Gasteiger partial charge in [-0.25, -0.2) is 14.8 Å². The van der Waals surface area contributed by atoms with E-state index in [1.54, 1.807) is 0 Å². The quantitative estimate of drug-likeness (QED) is 0.883. The second kappa shape index (κ2) is 5.59. The maximum Gasteiger partial charge on any atom is 0.358 e. The molecule has 1 aromatic heterocycles. The first kappa shape index (κ1) is 12.5. The lowest BCUT2D eigenvalue weighted by atomic mass is 10.3. The van der Waals surface area contributed by atoms with Gasteiger partial charge in [0.25, 0.3) is 0 Å². The van der Waals surface area contributed by atoms with Crippen LogP contribution in [-0.4, -0.2) is 23.0 Å². The van der Waals surface area contributed by atoms with Gasteiger partial charge < -0.3 is 10.1 Å². The Kier molecular flexibility index (Phi) is 3.88. The van der Waals surface area contributed by atoms with Crippen LogP contribution in [0.2, 0.25) is 0 Å². The molecular formula is C12H10BrN3O2. The maximum absolute atomic E-state index is 11.2. The van der Waals surface area contributed by atoms with Crippen molar-refractivity contribution in [3.63, 3.8) is 0 Å². The highest BCUT2D eigenvalue weighted by atomic mass is 79.9. The van der Waals surface area contributed by atoms with Gasteiger partial charge in [-0.3, -0.25) is 0 Å². The summed E-state index contributed by atoms with van der Waals surface area (Å²) in [5, 5.41) is 3.07. The fraction of sp³-hybridized carbons (Fsp3) is 0.0833. The number of rotatable bonds is 3. The van der Waals surface area contributed by atoms with Gasteiger partial charge >= 0.3 is 5.97 Å². The molecule has 0 aliphatic rings. The van der Waals surface area contributed by atoms with Crippen LogP contribution in [0.4, 0.5) is 11.5 Å². The third kappa shape index (κ3) is 3.04. The molecule has 2 rings (SSSR count). The Labute approximate surface area is 112 Å². The van der Waals surface area contributed by atoms with E-state index in [0.717, 1.165) is 10.2 Å². The lowest BCUT2D eigenvalue weighted by molar-refractivity contribution is 0.0593. The Balaban J connectivity index is 2.10. The molecule has 1 N–H and O–H groups in total. The number of aromatic nitrogens is 2. The summed E-state index contributed by atoms with van der Waals surface area (Å²) in [5.41, 5.74) is 1.07. The van der Waals surface area contributed by atoms with Crippen LogP contribution in [0.1, 0.15) is 10.5 Å². The number of halogens is 1. The van der Waals surface area contributed by atoms with Crippen LogP contribution >= 0.6 is 15.9 Å². The van der Waals surface area contributed by atoms with Gasteiger partial charge in [0.1, 0.15) is 5.82 Å². The third-order valence-corrected chi connectivity index (χ3v) is 2.69. The molecule has 0 atom stereocenters. The second-order valence-corrected chi connectivity index (χ2v) is 4.33. The summed E-state index contributed by atoms with van der Waals surface area (Å²) >= 11 is 3.36. The van der Waals surface area contributed by atoms with Gasteiger partial charge in [-0.2, -0.15) is 0 Å². The average Bonchev–Trinajstić information content (AvgIpc) is 2.41. The van der Waals surface area contributed by atoms with E-state index in [1.165, 1.54) is 19.5 Å². The van der Waals surface area contributed by atoms with Gasteiger partial charge in [0.15, 0.2) is 5.69 Å². The molecule has 1 heterocycles. The number of anilines is 2. The smallest absolute Gasteiger partial charge is 0.358 e. The fourth-order valence-electron chi connectivity index (χ4n) is 1.28. The topological polar surface area (TPSA) is 64.1 Å². The molecule has 18 heavy (non-hydrogen) atoms. The van der Waals surface area contributed by atoms with Crippen LogP contribution in [0, 0.1) is 0 Å². The summed E-state index contributed by atoms with van der Waals surface area (Å²) in [5.74, 6) is 0.0580. The standard InChI is InChI=1S/C12H10BrN3O2/c1-18-12(17)10-6-15-11(7-14-10)16-9-4-2-8(13)3-5-9/h2-7H,1H3,(H,15,16). The zero-order valence-corrected chi connectivity index (χ0v) is 11.1. The summed E-state index contributed by atoms with van der Waals surface area (Å²) in [6.45, 7) is 0. The SMILES string of the molecule is COC(=O)c1cnc(Nc2ccc(Br)cc2)cn1. The molecule has 0 radical (unpaired) electrons. The molecule has 0 unspecified atom stereocenters. The second-order valence-electron chi connectivity index (χ2n) is 3.41. The maximum atomic E-state index is 11.2. The Morgan fingerprint density at radius 3 is 2.50 bits per heavy atom. The molecule has 5 nitrogen and oxygen atoms in total. The zero-order valence-electron chi connectivity index (χ0n) is 9.55. The minimum atomic E-state index is -0.502. The van der Waals surface area contributed by atoms with Crippen molar-refractivity contribution in [2.24, 2.45) is 0 Å². The molecule has 0 aliphatic carbocycles. The van der Waals surface area contributed by atoms with E-state index in [-0.39, 0.29) is 5.69 Å². The monoisotopic (exact) mass is 307 g/mol. The molecule has 1 aromatic carbocycles. The van der Waals surface area contributed by atoms with E-state index in [4.69, 9.17) is 0 Å². The first-order valence-electron chi connectivity index (χ1n) is 5.12. The molecular weight excluding hydrogens is 298 g/mol. The van der Waals surface area contributed by atoms with Crippen molar-refractivity contribution in [2.75, 3.05) is 12.4 Å². The normalized spacial score (nSPS) is 9.89. The van der Waals surface area contributed by atoms with E-state index < -0.39 is 5.97 Å². The molecule has 2 aromatic rings. The van der Waals surface area contributed by atoms with Gasteiger partial charge in [-0.05, 0) is 24.3 Å². The Bertz CT molecular complexity index is 540. The Morgan fingerprint density at radius 1 is 1.22 bits per heavy atom. The van der Waals surface area contributed by atoms with Crippen LogP contribution in [0.3, 0.4) is 0 Å². The summed E-state index contributed by atoms with van der Waals surface area (Å²) < 4.78 is 5.54. The highest BCUT2D eigenvalue weighted by molar-refractivity contribution is 9.10. The van der Waals surface area contributed by atoms with Gasteiger partial charge in [-0.15, -0.1) is 0 Å². The van der Waals surface area contributed by atoms with Crippen LogP contribution in [-0.2, 0) is 4.74 Å². The van der Waals surface area contributed by atoms with Crippen molar-refractivity contribution in [1.82, 2.24) is 9.97 Å². The number of benzene rings is 1. The van der Waals surface area contributed by atoms with Gasteiger partial charge in [0.05, 0.1) is 19.5 Å². The number of hydrogen-bond donors (Lipinski definition) is 1. The molecule has 0 bridgehead atoms. The largest absolute Gasteiger partial charge is 0.464 e. The summed E-state index contributed by atoms with van der Waals surface area (Å²) in [4.78, 5) is 19.2. The average molecular weight is 308 g/mol. The van der Waals surface area contributed by atoms with E-state index in [9.17, 15) is 4.79 Å².